The molecule has 0 radical (unpaired) electrons. The van der Waals surface area contributed by atoms with E-state index in [9.17, 15) is 10.1 Å². The molecule has 0 amide bonds. The van der Waals surface area contributed by atoms with Gasteiger partial charge in [0.05, 0.1) is 12.2 Å². The van der Waals surface area contributed by atoms with Gasteiger partial charge >= 0.3 is 0 Å². The summed E-state index contributed by atoms with van der Waals surface area (Å²) < 4.78 is 5.62. The SMILES string of the molecule is CO[C@@H]1CCCC[C@H]1C(=O)[C@@H](C#N)[C@@H]1CCCC[C@@H]1C1CCCCC1. The normalized spacial score (nSPS) is 35.7. The Morgan fingerprint density at radius 2 is 1.56 bits per heavy atom. The fourth-order valence-corrected chi connectivity index (χ4v) is 6.06. The van der Waals surface area contributed by atoms with Crippen molar-refractivity contribution in [3.8, 4) is 6.07 Å². The van der Waals surface area contributed by atoms with E-state index in [4.69, 9.17) is 4.74 Å². The average Bonchev–Trinajstić information content (AvgIpc) is 2.69. The van der Waals surface area contributed by atoms with Crippen LogP contribution in [-0.4, -0.2) is 19.0 Å². The molecule has 3 nitrogen and oxygen atoms in total. The molecule has 0 N–H and O–H groups in total. The second-order valence-electron chi connectivity index (χ2n) is 8.68. The Hall–Kier alpha value is -0.880. The summed E-state index contributed by atoms with van der Waals surface area (Å²) in [5.74, 6) is 1.43. The molecule has 0 heterocycles. The van der Waals surface area contributed by atoms with Crippen LogP contribution in [-0.2, 0) is 9.53 Å². The number of rotatable bonds is 5. The fraction of sp³-hybridized carbons (Fsp3) is 0.909. The summed E-state index contributed by atoms with van der Waals surface area (Å²) >= 11 is 0. The van der Waals surface area contributed by atoms with E-state index in [2.05, 4.69) is 6.07 Å². The number of methoxy groups -OCH3 is 1. The first-order valence-corrected chi connectivity index (χ1v) is 10.7. The predicted molar refractivity (Wildman–Crippen MR) is 98.9 cm³/mol. The largest absolute Gasteiger partial charge is 0.381 e. The second-order valence-corrected chi connectivity index (χ2v) is 8.68. The molecule has 0 spiro atoms. The van der Waals surface area contributed by atoms with Gasteiger partial charge in [0.15, 0.2) is 5.78 Å². The molecule has 3 fully saturated rings. The molecular weight excluding hydrogens is 310 g/mol. The lowest BCUT2D eigenvalue weighted by molar-refractivity contribution is -0.134. The minimum atomic E-state index is -0.395. The highest BCUT2D eigenvalue weighted by Gasteiger charge is 2.43. The van der Waals surface area contributed by atoms with E-state index in [-0.39, 0.29) is 17.8 Å². The number of Topliss-reactive ketones (excluding diaryl/α,β-unsaturated/α-hetero) is 1. The van der Waals surface area contributed by atoms with Crippen LogP contribution in [0.2, 0.25) is 0 Å². The van der Waals surface area contributed by atoms with Crippen molar-refractivity contribution < 1.29 is 9.53 Å². The highest BCUT2D eigenvalue weighted by atomic mass is 16.5. The van der Waals surface area contributed by atoms with Crippen molar-refractivity contribution in [1.29, 1.82) is 5.26 Å². The molecule has 3 aliphatic rings. The zero-order valence-corrected chi connectivity index (χ0v) is 15.9. The van der Waals surface area contributed by atoms with Crippen molar-refractivity contribution in [3.05, 3.63) is 0 Å². The van der Waals surface area contributed by atoms with Gasteiger partial charge in [-0.2, -0.15) is 5.26 Å². The molecule has 0 saturated heterocycles. The maximum atomic E-state index is 13.3. The van der Waals surface area contributed by atoms with E-state index in [1.807, 2.05) is 0 Å². The molecule has 0 aromatic carbocycles. The van der Waals surface area contributed by atoms with Gasteiger partial charge in [0, 0.05) is 13.0 Å². The highest BCUT2D eigenvalue weighted by molar-refractivity contribution is 5.86. The smallest absolute Gasteiger partial charge is 0.155 e. The van der Waals surface area contributed by atoms with Crippen LogP contribution < -0.4 is 0 Å². The maximum Gasteiger partial charge on any atom is 0.155 e. The van der Waals surface area contributed by atoms with Crippen LogP contribution in [0.15, 0.2) is 0 Å². The average molecular weight is 346 g/mol. The molecule has 5 atom stereocenters. The standard InChI is InChI=1S/C22H35NO2/c1-25-21-14-8-7-13-19(21)22(24)20(15-23)18-12-6-5-11-17(18)16-9-3-2-4-10-16/h16-21H,2-14H2,1H3/t17-,18-,19-,20+,21-/m1/s1. The molecular formula is C22H35NO2. The first-order valence-electron chi connectivity index (χ1n) is 10.7. The summed E-state index contributed by atoms with van der Waals surface area (Å²) in [4.78, 5) is 13.3. The molecule has 0 aromatic heterocycles. The minimum absolute atomic E-state index is 0.0359. The Morgan fingerprint density at radius 3 is 2.28 bits per heavy atom. The Balaban J connectivity index is 1.74. The van der Waals surface area contributed by atoms with Gasteiger partial charge < -0.3 is 4.74 Å². The van der Waals surface area contributed by atoms with Crippen LogP contribution in [0.1, 0.15) is 83.5 Å². The lowest BCUT2D eigenvalue weighted by Crippen LogP contribution is -2.42. The van der Waals surface area contributed by atoms with Crippen LogP contribution >= 0.6 is 0 Å². The lowest BCUT2D eigenvalue weighted by Gasteiger charge is -2.41. The number of hydrogen-bond acceptors (Lipinski definition) is 3. The van der Waals surface area contributed by atoms with Gasteiger partial charge in [0.25, 0.3) is 0 Å². The van der Waals surface area contributed by atoms with Gasteiger partial charge in [-0.05, 0) is 43.4 Å². The number of nitrogens with zero attached hydrogens (tertiary/aromatic N) is 1. The molecule has 0 aliphatic heterocycles. The van der Waals surface area contributed by atoms with E-state index in [0.29, 0.717) is 11.8 Å². The van der Waals surface area contributed by atoms with Crippen LogP contribution in [0.3, 0.4) is 0 Å². The van der Waals surface area contributed by atoms with E-state index in [0.717, 1.165) is 38.0 Å². The Labute approximate surface area is 153 Å². The van der Waals surface area contributed by atoms with E-state index in [1.165, 1.54) is 51.4 Å². The highest BCUT2D eigenvalue weighted by Crippen LogP contribution is 2.45. The topological polar surface area (TPSA) is 50.1 Å². The quantitative estimate of drug-likeness (QED) is 0.680. The van der Waals surface area contributed by atoms with Crippen LogP contribution in [0.5, 0.6) is 0 Å². The summed E-state index contributed by atoms with van der Waals surface area (Å²) in [5, 5.41) is 9.94. The molecule has 3 saturated carbocycles. The van der Waals surface area contributed by atoms with Crippen molar-refractivity contribution in [3.63, 3.8) is 0 Å². The lowest BCUT2D eigenvalue weighted by atomic mass is 9.62. The van der Waals surface area contributed by atoms with Crippen molar-refractivity contribution >= 4 is 5.78 Å². The summed E-state index contributed by atoms with van der Waals surface area (Å²) in [5.41, 5.74) is 0. The minimum Gasteiger partial charge on any atom is -0.381 e. The summed E-state index contributed by atoms with van der Waals surface area (Å²) in [6, 6.07) is 2.48. The molecule has 3 aliphatic carbocycles. The van der Waals surface area contributed by atoms with Crippen LogP contribution in [0.25, 0.3) is 0 Å². The number of carbonyl (C=O) groups is 1. The molecule has 0 bridgehead atoms. The molecule has 25 heavy (non-hydrogen) atoms. The molecule has 0 aromatic rings. The molecule has 3 rings (SSSR count). The van der Waals surface area contributed by atoms with Crippen LogP contribution in [0.4, 0.5) is 0 Å². The molecule has 140 valence electrons. The zero-order valence-electron chi connectivity index (χ0n) is 15.9. The number of nitriles is 1. The maximum absolute atomic E-state index is 13.3. The fourth-order valence-electron chi connectivity index (χ4n) is 6.06. The number of ether oxygens (including phenoxy) is 1. The third-order valence-electron chi connectivity index (χ3n) is 7.37. The summed E-state index contributed by atoms with van der Waals surface area (Å²) in [6.07, 6.45) is 15.6. The van der Waals surface area contributed by atoms with Gasteiger partial charge in [-0.3, -0.25) is 4.79 Å². The Bertz CT molecular complexity index is 477. The third-order valence-corrected chi connectivity index (χ3v) is 7.37. The summed E-state index contributed by atoms with van der Waals surface area (Å²) in [6.45, 7) is 0. The third kappa shape index (κ3) is 4.27. The van der Waals surface area contributed by atoms with E-state index < -0.39 is 5.92 Å². The van der Waals surface area contributed by atoms with E-state index >= 15 is 0 Å². The first-order chi connectivity index (χ1) is 12.3. The predicted octanol–water partition coefficient (Wildman–Crippen LogP) is 5.29. The number of ketones is 1. The van der Waals surface area contributed by atoms with Gasteiger partial charge in [0.2, 0.25) is 0 Å². The Kier molecular flexibility index (Phi) is 6.93. The van der Waals surface area contributed by atoms with Crippen molar-refractivity contribution in [1.82, 2.24) is 0 Å². The van der Waals surface area contributed by atoms with Gasteiger partial charge in [-0.15, -0.1) is 0 Å². The molecule has 3 heteroatoms. The Morgan fingerprint density at radius 1 is 0.920 bits per heavy atom. The van der Waals surface area contributed by atoms with Gasteiger partial charge in [-0.25, -0.2) is 0 Å². The van der Waals surface area contributed by atoms with Crippen molar-refractivity contribution in [2.24, 2.45) is 29.6 Å². The second kappa shape index (κ2) is 9.17. The van der Waals surface area contributed by atoms with Crippen molar-refractivity contribution in [2.75, 3.05) is 7.11 Å². The zero-order chi connectivity index (χ0) is 17.6. The van der Waals surface area contributed by atoms with Gasteiger partial charge in [-0.1, -0.05) is 57.8 Å². The van der Waals surface area contributed by atoms with E-state index in [1.54, 1.807) is 7.11 Å². The summed E-state index contributed by atoms with van der Waals surface area (Å²) in [7, 11) is 1.73. The monoisotopic (exact) mass is 345 g/mol. The van der Waals surface area contributed by atoms with Crippen molar-refractivity contribution in [2.45, 2.75) is 89.6 Å². The first kappa shape index (κ1) is 18.9. The molecule has 0 unspecified atom stereocenters. The number of carbonyl (C=O) groups excluding carboxylic acids is 1. The van der Waals surface area contributed by atoms with Gasteiger partial charge in [0.1, 0.15) is 5.92 Å². The number of hydrogen-bond donors (Lipinski definition) is 0. The van der Waals surface area contributed by atoms with Crippen LogP contribution in [0, 0.1) is 40.9 Å².